The Morgan fingerprint density at radius 3 is 2.24 bits per heavy atom. The summed E-state index contributed by atoms with van der Waals surface area (Å²) in [4.78, 5) is 12.9. The number of ether oxygens (including phenoxy) is 1. The minimum absolute atomic E-state index is 0.0378. The van der Waals surface area contributed by atoms with Gasteiger partial charge in [0.2, 0.25) is 10.0 Å². The maximum absolute atomic E-state index is 12.9. The fourth-order valence-corrected chi connectivity index (χ4v) is 4.30. The Kier molecular flexibility index (Phi) is 5.47. The Morgan fingerprint density at radius 1 is 1.20 bits per heavy atom. The van der Waals surface area contributed by atoms with E-state index < -0.39 is 14.8 Å². The first-order valence-corrected chi connectivity index (χ1v) is 9.95. The van der Waals surface area contributed by atoms with Crippen LogP contribution in [0.3, 0.4) is 0 Å². The van der Waals surface area contributed by atoms with E-state index in [1.165, 1.54) is 18.2 Å². The van der Waals surface area contributed by atoms with Crippen LogP contribution >= 0.6 is 0 Å². The van der Waals surface area contributed by atoms with E-state index in [0.29, 0.717) is 26.3 Å². The van der Waals surface area contributed by atoms with Crippen molar-refractivity contribution in [3.63, 3.8) is 0 Å². The van der Waals surface area contributed by atoms with Crippen molar-refractivity contribution in [2.45, 2.75) is 51.2 Å². The van der Waals surface area contributed by atoms with Gasteiger partial charge in [-0.05, 0) is 19.9 Å². The van der Waals surface area contributed by atoms with Crippen LogP contribution in [0.15, 0.2) is 6.07 Å². The van der Waals surface area contributed by atoms with E-state index in [9.17, 15) is 13.2 Å². The largest absolute Gasteiger partial charge is 0.379 e. The van der Waals surface area contributed by atoms with Crippen LogP contribution < -0.4 is 0 Å². The van der Waals surface area contributed by atoms with Crippen LogP contribution in [0.25, 0.3) is 0 Å². The summed E-state index contributed by atoms with van der Waals surface area (Å²) in [6.45, 7) is 10.4. The zero-order valence-electron chi connectivity index (χ0n) is 16.0. The van der Waals surface area contributed by atoms with Gasteiger partial charge in [0.05, 0.1) is 25.3 Å². The quantitative estimate of drug-likeness (QED) is 0.778. The Hall–Kier alpha value is -1.25. The molecular formula is C17H29N3O4S. The van der Waals surface area contributed by atoms with Gasteiger partial charge in [-0.25, -0.2) is 8.42 Å². The first kappa shape index (κ1) is 20.1. The summed E-state index contributed by atoms with van der Waals surface area (Å²) in [5.41, 5.74) is 1.47. The van der Waals surface area contributed by atoms with E-state index >= 15 is 0 Å². The smallest absolute Gasteiger partial charge is 0.226 e. The molecule has 0 radical (unpaired) electrons. The highest BCUT2D eigenvalue weighted by molar-refractivity contribution is 7.91. The predicted molar refractivity (Wildman–Crippen MR) is 96.0 cm³/mol. The first-order valence-electron chi connectivity index (χ1n) is 8.51. The van der Waals surface area contributed by atoms with Crippen LogP contribution in [0.1, 0.15) is 46.0 Å². The van der Waals surface area contributed by atoms with Crippen molar-refractivity contribution in [1.29, 1.82) is 0 Å². The summed E-state index contributed by atoms with van der Waals surface area (Å²) < 4.78 is 32.6. The van der Waals surface area contributed by atoms with E-state index in [1.807, 2.05) is 26.8 Å². The molecule has 8 heteroatoms. The lowest BCUT2D eigenvalue weighted by molar-refractivity contribution is -0.120. The fourth-order valence-electron chi connectivity index (χ4n) is 2.67. The summed E-state index contributed by atoms with van der Waals surface area (Å²) in [6, 6.07) is 1.88. The molecule has 142 valence electrons. The van der Waals surface area contributed by atoms with Crippen LogP contribution in [0.5, 0.6) is 0 Å². The molecule has 1 aromatic rings. The zero-order valence-corrected chi connectivity index (χ0v) is 16.8. The van der Waals surface area contributed by atoms with Crippen molar-refractivity contribution in [2.24, 2.45) is 7.05 Å². The van der Waals surface area contributed by atoms with Crippen LogP contribution in [0, 0.1) is 0 Å². The molecule has 7 nitrogen and oxygen atoms in total. The number of carbonyl (C=O) groups is 1. The molecule has 0 bridgehead atoms. The molecule has 0 aromatic carbocycles. The highest BCUT2D eigenvalue weighted by Crippen LogP contribution is 2.26. The topological polar surface area (TPSA) is 81.5 Å². The van der Waals surface area contributed by atoms with Crippen LogP contribution in [-0.2, 0) is 38.4 Å². The molecular weight excluding hydrogens is 342 g/mol. The molecule has 1 aromatic heterocycles. The monoisotopic (exact) mass is 371 g/mol. The number of nitrogens with zero attached hydrogens (tertiary/aromatic N) is 3. The van der Waals surface area contributed by atoms with E-state index in [4.69, 9.17) is 4.74 Å². The lowest BCUT2D eigenvalue weighted by Crippen LogP contribution is -2.53. The highest BCUT2D eigenvalue weighted by atomic mass is 32.2. The standard InChI is InChI=1S/C17H29N3O4S/c1-16(2,3)14-11-13(19(6)18-14)12-15(21)17(4,5)25(22,23)20-7-9-24-10-8-20/h11H,7-10,12H2,1-6H3. The molecule has 0 N–H and O–H groups in total. The van der Waals surface area contributed by atoms with Crippen molar-refractivity contribution >= 4 is 15.8 Å². The van der Waals surface area contributed by atoms with Crippen molar-refractivity contribution in [3.8, 4) is 0 Å². The number of sulfonamides is 1. The molecule has 1 aliphatic heterocycles. The van der Waals surface area contributed by atoms with Gasteiger partial charge in [-0.2, -0.15) is 9.40 Å². The summed E-state index contributed by atoms with van der Waals surface area (Å²) in [5, 5.41) is 4.46. The second kappa shape index (κ2) is 6.81. The number of aromatic nitrogens is 2. The van der Waals surface area contributed by atoms with E-state index in [0.717, 1.165) is 11.4 Å². The zero-order chi connectivity index (χ0) is 19.0. The second-order valence-electron chi connectivity index (χ2n) is 8.02. The van der Waals surface area contributed by atoms with E-state index in [-0.39, 0.29) is 17.6 Å². The van der Waals surface area contributed by atoms with Gasteiger partial charge in [0.15, 0.2) is 5.78 Å². The molecule has 1 aliphatic rings. The molecule has 0 amide bonds. The van der Waals surface area contributed by atoms with Gasteiger partial charge in [-0.1, -0.05) is 20.8 Å². The number of rotatable bonds is 5. The van der Waals surface area contributed by atoms with Gasteiger partial charge in [-0.3, -0.25) is 9.48 Å². The van der Waals surface area contributed by atoms with E-state index in [1.54, 1.807) is 11.7 Å². The lowest BCUT2D eigenvalue weighted by Gasteiger charge is -2.33. The Morgan fingerprint density at radius 2 is 1.76 bits per heavy atom. The van der Waals surface area contributed by atoms with Gasteiger partial charge in [0.1, 0.15) is 4.75 Å². The average Bonchev–Trinajstić information content (AvgIpc) is 2.89. The van der Waals surface area contributed by atoms with Gasteiger partial charge in [0, 0.05) is 31.2 Å². The number of aryl methyl sites for hydroxylation is 1. The normalized spacial score (nSPS) is 17.7. The van der Waals surface area contributed by atoms with Gasteiger partial charge < -0.3 is 4.74 Å². The molecule has 0 saturated carbocycles. The molecule has 0 unspecified atom stereocenters. The summed E-state index contributed by atoms with van der Waals surface area (Å²) in [5.74, 6) is -0.331. The average molecular weight is 372 g/mol. The summed E-state index contributed by atoms with van der Waals surface area (Å²) in [7, 11) is -1.96. The molecule has 0 aliphatic carbocycles. The number of Topliss-reactive ketones (excluding diaryl/α,β-unsaturated/α-hetero) is 1. The minimum atomic E-state index is -3.74. The molecule has 0 atom stereocenters. The molecule has 2 heterocycles. The SMILES string of the molecule is Cn1nc(C(C)(C)C)cc1CC(=O)C(C)(C)S(=O)(=O)N1CCOCC1. The molecule has 0 spiro atoms. The highest BCUT2D eigenvalue weighted by Gasteiger charge is 2.45. The molecule has 1 saturated heterocycles. The van der Waals surface area contributed by atoms with Crippen molar-refractivity contribution < 1.29 is 17.9 Å². The maximum Gasteiger partial charge on any atom is 0.226 e. The number of ketones is 1. The van der Waals surface area contributed by atoms with Gasteiger partial charge in [-0.15, -0.1) is 0 Å². The lowest BCUT2D eigenvalue weighted by atomic mass is 9.92. The molecule has 1 fully saturated rings. The Bertz CT molecular complexity index is 738. The third kappa shape index (κ3) is 3.96. The third-order valence-electron chi connectivity index (χ3n) is 4.71. The number of hydrogen-bond acceptors (Lipinski definition) is 5. The first-order chi connectivity index (χ1) is 11.4. The predicted octanol–water partition coefficient (Wildman–Crippen LogP) is 1.27. The number of morpholine rings is 1. The van der Waals surface area contributed by atoms with Crippen LogP contribution in [0.2, 0.25) is 0 Å². The fraction of sp³-hybridized carbons (Fsp3) is 0.765. The maximum atomic E-state index is 12.9. The Labute approximate surface area is 150 Å². The van der Waals surface area contributed by atoms with Crippen LogP contribution in [-0.4, -0.2) is 59.3 Å². The van der Waals surface area contributed by atoms with Gasteiger partial charge in [0.25, 0.3) is 0 Å². The minimum Gasteiger partial charge on any atom is -0.379 e. The van der Waals surface area contributed by atoms with Crippen molar-refractivity contribution in [1.82, 2.24) is 14.1 Å². The van der Waals surface area contributed by atoms with Gasteiger partial charge >= 0.3 is 0 Å². The molecule has 2 rings (SSSR count). The number of carbonyl (C=O) groups excluding carboxylic acids is 1. The van der Waals surface area contributed by atoms with Crippen molar-refractivity contribution in [3.05, 3.63) is 17.5 Å². The second-order valence-corrected chi connectivity index (χ2v) is 10.5. The Balaban J connectivity index is 2.23. The summed E-state index contributed by atoms with van der Waals surface area (Å²) in [6.07, 6.45) is 0.0378. The van der Waals surface area contributed by atoms with E-state index in [2.05, 4.69) is 5.10 Å². The summed E-state index contributed by atoms with van der Waals surface area (Å²) >= 11 is 0. The van der Waals surface area contributed by atoms with Crippen molar-refractivity contribution in [2.75, 3.05) is 26.3 Å². The third-order valence-corrected chi connectivity index (χ3v) is 7.28. The number of hydrogen-bond donors (Lipinski definition) is 0. The van der Waals surface area contributed by atoms with Crippen LogP contribution in [0.4, 0.5) is 0 Å². The molecule has 25 heavy (non-hydrogen) atoms.